The summed E-state index contributed by atoms with van der Waals surface area (Å²) in [6.45, 7) is 16.6. The molecule has 1 aromatic heterocycles. The minimum Gasteiger partial charge on any atom is -0.444 e. The maximum Gasteiger partial charge on any atom is 0.410 e. The van der Waals surface area contributed by atoms with Gasteiger partial charge in [0, 0.05) is 59.5 Å². The Morgan fingerprint density at radius 1 is 0.980 bits per heavy atom. The number of aromatic amines is 1. The number of halogens is 5. The van der Waals surface area contributed by atoms with Gasteiger partial charge < -0.3 is 30.2 Å². The number of nitrogens with zero attached hydrogens (tertiary/aromatic N) is 5. The molecule has 0 aliphatic carbocycles. The normalized spacial score (nSPS) is 14.6. The maximum absolute atomic E-state index is 11.8. The number of hydrogen-bond donors (Lipinski definition) is 2. The molecule has 0 atom stereocenters. The molecule has 2 saturated heterocycles. The number of hydrogen-bond acceptors (Lipinski definition) is 7. The Morgan fingerprint density at radius 2 is 1.57 bits per heavy atom. The van der Waals surface area contributed by atoms with E-state index in [0.29, 0.717) is 58.5 Å². The average Bonchev–Trinajstić information content (AvgIpc) is 3.55. The Hall–Kier alpha value is -3.20. The molecular weight excluding hydrogens is 889 g/mol. The number of piperazine rings is 1. The SMILES string of the molecule is N#Cc1cc(-c2ccc(Cl)c(Br)c2)[nH]c1N1CCCCC1.O=C(CBr)c1ccc(Cl)c(Br)c1.[C-]#[N+]/C=C(\N)N1CCN(C(=O)OC(C)(C)C)CC1. The molecule has 0 unspecified atom stereocenters. The van der Waals surface area contributed by atoms with E-state index < -0.39 is 5.60 Å². The maximum atomic E-state index is 11.8. The van der Waals surface area contributed by atoms with Crippen LogP contribution in [-0.4, -0.2) is 76.9 Å². The van der Waals surface area contributed by atoms with Gasteiger partial charge in [-0.05, 0) is 114 Å². The lowest BCUT2D eigenvalue weighted by molar-refractivity contribution is 0.0168. The van der Waals surface area contributed by atoms with Gasteiger partial charge >= 0.3 is 6.09 Å². The van der Waals surface area contributed by atoms with Crippen molar-refractivity contribution in [1.29, 1.82) is 5.26 Å². The van der Waals surface area contributed by atoms with E-state index in [1.165, 1.54) is 25.5 Å². The highest BCUT2D eigenvalue weighted by Gasteiger charge is 2.26. The number of alkyl halides is 1. The fourth-order valence-corrected chi connectivity index (χ4v) is 6.40. The van der Waals surface area contributed by atoms with Gasteiger partial charge in [0.15, 0.2) is 12.0 Å². The number of carbonyl (C=O) groups excluding carboxylic acids is 2. The number of rotatable bonds is 5. The highest BCUT2D eigenvalue weighted by Crippen LogP contribution is 2.32. The van der Waals surface area contributed by atoms with Crippen molar-refractivity contribution in [1.82, 2.24) is 14.8 Å². The van der Waals surface area contributed by atoms with Crippen LogP contribution in [0.3, 0.4) is 0 Å². The second-order valence-electron chi connectivity index (χ2n) is 12.6. The second kappa shape index (κ2) is 20.1. The van der Waals surface area contributed by atoms with E-state index in [1.54, 1.807) is 23.1 Å². The smallest absolute Gasteiger partial charge is 0.410 e. The van der Waals surface area contributed by atoms with Crippen LogP contribution in [0.15, 0.2) is 63.4 Å². The van der Waals surface area contributed by atoms with Crippen LogP contribution < -0.4 is 10.6 Å². The number of nitrogens with one attached hydrogen (secondary N) is 1. The molecule has 5 rings (SSSR count). The van der Waals surface area contributed by atoms with E-state index in [-0.39, 0.29) is 11.9 Å². The van der Waals surface area contributed by atoms with Gasteiger partial charge in [-0.2, -0.15) is 5.26 Å². The van der Waals surface area contributed by atoms with E-state index in [9.17, 15) is 14.9 Å². The predicted molar refractivity (Wildman–Crippen MR) is 215 cm³/mol. The van der Waals surface area contributed by atoms with Crippen molar-refractivity contribution in [3.63, 3.8) is 0 Å². The molecule has 3 aromatic rings. The molecule has 3 heterocycles. The summed E-state index contributed by atoms with van der Waals surface area (Å²) in [7, 11) is 0. The zero-order valence-electron chi connectivity index (χ0n) is 28.6. The van der Waals surface area contributed by atoms with Gasteiger partial charge in [-0.15, -0.1) is 0 Å². The quantitative estimate of drug-likeness (QED) is 0.148. The van der Waals surface area contributed by atoms with Crippen molar-refractivity contribution in [2.75, 3.05) is 49.5 Å². The van der Waals surface area contributed by atoms with E-state index in [4.69, 9.17) is 40.2 Å². The second-order valence-corrected chi connectivity index (χ2v) is 15.6. The molecule has 2 fully saturated rings. The van der Waals surface area contributed by atoms with E-state index in [0.717, 1.165) is 39.1 Å². The number of carbonyl (C=O) groups is 2. The molecule has 272 valence electrons. The number of nitrogens with two attached hydrogens (primary N) is 1. The molecule has 51 heavy (non-hydrogen) atoms. The molecule has 15 heteroatoms. The Bertz CT molecular complexity index is 1780. The molecular formula is C36H40Br3Cl2N7O3. The average molecular weight is 929 g/mol. The van der Waals surface area contributed by atoms with Crippen molar-refractivity contribution in [3.8, 4) is 17.3 Å². The Labute approximate surface area is 335 Å². The number of ketones is 1. The summed E-state index contributed by atoms with van der Waals surface area (Å²) in [6, 6.07) is 15.1. The van der Waals surface area contributed by atoms with Crippen LogP contribution in [0.25, 0.3) is 16.1 Å². The number of benzene rings is 2. The van der Waals surface area contributed by atoms with Crippen molar-refractivity contribution in [3.05, 3.63) is 96.0 Å². The number of anilines is 1. The lowest BCUT2D eigenvalue weighted by Gasteiger charge is -2.36. The largest absolute Gasteiger partial charge is 0.444 e. The zero-order valence-corrected chi connectivity index (χ0v) is 34.9. The van der Waals surface area contributed by atoms with Crippen LogP contribution in [0.4, 0.5) is 10.6 Å². The minimum atomic E-state index is -0.475. The summed E-state index contributed by atoms with van der Waals surface area (Å²) in [5, 5.41) is 11.0. The lowest BCUT2D eigenvalue weighted by Crippen LogP contribution is -2.50. The first-order valence-electron chi connectivity index (χ1n) is 16.1. The van der Waals surface area contributed by atoms with Gasteiger partial charge in [0.2, 0.25) is 0 Å². The number of piperidine rings is 1. The van der Waals surface area contributed by atoms with Crippen LogP contribution in [-0.2, 0) is 4.74 Å². The van der Waals surface area contributed by atoms with Gasteiger partial charge in [-0.3, -0.25) is 4.79 Å². The Balaban J connectivity index is 0.000000215. The van der Waals surface area contributed by atoms with Crippen LogP contribution >= 0.6 is 71.0 Å². The summed E-state index contributed by atoms with van der Waals surface area (Å²) in [4.78, 5) is 35.3. The molecule has 10 nitrogen and oxygen atoms in total. The standard InChI is InChI=1S/C16H15BrClN3.C12H20N4O2.C8H5Br2ClO/c17-13-8-11(4-5-14(13)18)15-9-12(10-19)16(20-15)21-6-2-1-3-7-21;1-12(2,3)18-11(17)16-7-5-15(6-8-16)10(13)9-14-4;9-4-8(12)5-1-2-7(11)6(10)3-5/h4-5,8-9,20H,1-3,6-7H2;9H,5-8,13H2,1-3H3;1-3H,4H2/b;10-9+;. The van der Waals surface area contributed by atoms with Crippen LogP contribution in [0.2, 0.25) is 10.0 Å². The van der Waals surface area contributed by atoms with Gasteiger partial charge in [0.1, 0.15) is 17.5 Å². The fraction of sp³-hybridized carbons (Fsp3) is 0.389. The van der Waals surface area contributed by atoms with Crippen molar-refractivity contribution < 1.29 is 14.3 Å². The van der Waals surface area contributed by atoms with Crippen molar-refractivity contribution in [2.45, 2.75) is 45.6 Å². The van der Waals surface area contributed by atoms with Crippen LogP contribution in [0.1, 0.15) is 56.0 Å². The number of Topliss-reactive ketones (excluding diaryl/α,β-unsaturated/α-hetero) is 1. The number of nitriles is 1. The Kier molecular flexibility index (Phi) is 16.7. The molecule has 2 aliphatic rings. The Morgan fingerprint density at radius 3 is 2.10 bits per heavy atom. The zero-order chi connectivity index (χ0) is 37.7. The van der Waals surface area contributed by atoms with Crippen LogP contribution in [0, 0.1) is 17.9 Å². The summed E-state index contributed by atoms with van der Waals surface area (Å²) < 4.78 is 6.90. The molecule has 0 spiro atoms. The highest BCUT2D eigenvalue weighted by molar-refractivity contribution is 9.11. The number of ether oxygens (including phenoxy) is 1. The van der Waals surface area contributed by atoms with E-state index >= 15 is 0 Å². The summed E-state index contributed by atoms with van der Waals surface area (Å²) in [5.41, 5.74) is 8.58. The first-order valence-corrected chi connectivity index (χ1v) is 19.6. The first-order chi connectivity index (χ1) is 24.2. The molecule has 0 radical (unpaired) electrons. The third kappa shape index (κ3) is 13.1. The number of H-pyrrole nitrogens is 1. The molecule has 0 bridgehead atoms. The molecule has 2 aliphatic heterocycles. The van der Waals surface area contributed by atoms with Gasteiger partial charge in [0.05, 0.1) is 33.3 Å². The summed E-state index contributed by atoms with van der Waals surface area (Å²) >= 11 is 21.6. The predicted octanol–water partition coefficient (Wildman–Crippen LogP) is 9.86. The van der Waals surface area contributed by atoms with E-state index in [1.807, 2.05) is 49.9 Å². The third-order valence-electron chi connectivity index (χ3n) is 7.68. The van der Waals surface area contributed by atoms with Crippen LogP contribution in [0.5, 0.6) is 0 Å². The van der Waals surface area contributed by atoms with Gasteiger partial charge in [0.25, 0.3) is 0 Å². The third-order valence-corrected chi connectivity index (χ3v) is 10.6. The fourth-order valence-electron chi connectivity index (χ4n) is 5.08. The first kappa shape index (κ1) is 42.2. The molecule has 3 N–H and O–H groups in total. The molecule has 1 amide bonds. The summed E-state index contributed by atoms with van der Waals surface area (Å²) in [5.74, 6) is 1.44. The molecule has 2 aromatic carbocycles. The molecule has 0 saturated carbocycles. The van der Waals surface area contributed by atoms with E-state index in [2.05, 4.69) is 68.6 Å². The lowest BCUT2D eigenvalue weighted by atomic mass is 10.1. The topological polar surface area (TPSA) is 123 Å². The van der Waals surface area contributed by atoms with Gasteiger partial charge in [-0.1, -0.05) is 45.2 Å². The minimum absolute atomic E-state index is 0.0485. The number of amides is 1. The summed E-state index contributed by atoms with van der Waals surface area (Å²) in [6.07, 6.45) is 4.64. The van der Waals surface area contributed by atoms with Gasteiger partial charge in [-0.25, -0.2) is 9.64 Å². The monoisotopic (exact) mass is 925 g/mol. The van der Waals surface area contributed by atoms with Crippen molar-refractivity contribution >= 4 is 88.7 Å². The van der Waals surface area contributed by atoms with Crippen molar-refractivity contribution in [2.24, 2.45) is 5.73 Å². The number of aromatic nitrogens is 1. The highest BCUT2D eigenvalue weighted by atomic mass is 79.9.